The number of rotatable bonds is 9. The molecule has 0 aliphatic carbocycles. The van der Waals surface area contributed by atoms with Crippen LogP contribution in [0.1, 0.15) is 12.0 Å². The number of methoxy groups -OCH3 is 1. The number of benzene rings is 2. The fourth-order valence-electron chi connectivity index (χ4n) is 2.70. The van der Waals surface area contributed by atoms with Crippen molar-refractivity contribution in [3.63, 3.8) is 0 Å². The molecule has 7 nitrogen and oxygen atoms in total. The Morgan fingerprint density at radius 3 is 2.90 bits per heavy atom. The second-order valence-corrected chi connectivity index (χ2v) is 9.01. The number of nitriles is 1. The quantitative estimate of drug-likeness (QED) is 0.422. The molecule has 0 radical (unpaired) electrons. The van der Waals surface area contributed by atoms with Crippen molar-refractivity contribution >= 4 is 57.1 Å². The molecule has 0 unspecified atom stereocenters. The molecule has 0 saturated heterocycles. The lowest BCUT2D eigenvalue weighted by molar-refractivity contribution is -0.116. The normalized spacial score (nSPS) is 10.4. The fourth-order valence-corrected chi connectivity index (χ4v) is 4.47. The molecule has 3 rings (SSSR count). The molecule has 0 saturated carbocycles. The largest absolute Gasteiger partial charge is 0.497 e. The van der Waals surface area contributed by atoms with Crippen LogP contribution in [0.15, 0.2) is 46.8 Å². The highest BCUT2D eigenvalue weighted by Gasteiger charge is 2.18. The van der Waals surface area contributed by atoms with E-state index in [-0.39, 0.29) is 18.1 Å². The summed E-state index contributed by atoms with van der Waals surface area (Å²) in [5.74, 6) is 0.810. The summed E-state index contributed by atoms with van der Waals surface area (Å²) in [6.45, 7) is 2.20. The molecule has 1 aromatic heterocycles. The molecule has 0 atom stereocenters. The molecule has 2 aromatic carbocycles. The number of nitrogens with zero attached hydrogens (tertiary/aromatic N) is 4. The van der Waals surface area contributed by atoms with Gasteiger partial charge in [-0.05, 0) is 42.8 Å². The summed E-state index contributed by atoms with van der Waals surface area (Å²) >= 11 is 8.77. The Hall–Kier alpha value is -2.80. The van der Waals surface area contributed by atoms with Gasteiger partial charge >= 0.3 is 0 Å². The van der Waals surface area contributed by atoms with Crippen LogP contribution in [0.4, 0.5) is 16.5 Å². The Bertz CT molecular complexity index is 1100. The van der Waals surface area contributed by atoms with Gasteiger partial charge in [-0.3, -0.25) is 4.79 Å². The highest BCUT2D eigenvalue weighted by Crippen LogP contribution is 2.30. The zero-order valence-corrected chi connectivity index (χ0v) is 19.4. The molecule has 0 bridgehead atoms. The van der Waals surface area contributed by atoms with E-state index in [1.807, 2.05) is 37.3 Å². The lowest BCUT2D eigenvalue weighted by Crippen LogP contribution is -2.33. The first-order chi connectivity index (χ1) is 15.0. The van der Waals surface area contributed by atoms with Crippen molar-refractivity contribution in [1.82, 2.24) is 10.2 Å². The summed E-state index contributed by atoms with van der Waals surface area (Å²) in [4.78, 5) is 14.5. The number of amides is 1. The van der Waals surface area contributed by atoms with E-state index in [1.165, 1.54) is 23.1 Å². The summed E-state index contributed by atoms with van der Waals surface area (Å²) in [7, 11) is 1.61. The van der Waals surface area contributed by atoms with Crippen molar-refractivity contribution in [3.8, 4) is 11.8 Å². The smallest absolute Gasteiger partial charge is 0.237 e. The molecule has 0 aliphatic rings. The standard InChI is InChI=1S/C21H20ClN5O2S2/c1-14-11-16(7-8-18(14)22)27(10-4-9-23)19(28)13-30-21-26-25-20(31-21)24-15-5-3-6-17(12-15)29-2/h3,5-8,11-12H,4,10,13H2,1-2H3,(H,24,25). The Balaban J connectivity index is 1.64. The predicted molar refractivity (Wildman–Crippen MR) is 126 cm³/mol. The van der Waals surface area contributed by atoms with E-state index in [0.29, 0.717) is 21.0 Å². The van der Waals surface area contributed by atoms with Gasteiger partial charge < -0.3 is 15.0 Å². The minimum atomic E-state index is -0.112. The number of aryl methyl sites for hydroxylation is 1. The first kappa shape index (κ1) is 22.9. The van der Waals surface area contributed by atoms with Crippen molar-refractivity contribution in [2.75, 3.05) is 29.6 Å². The SMILES string of the molecule is COc1cccc(Nc2nnc(SCC(=O)N(CCC#N)c3ccc(Cl)c(C)c3)s2)c1. The van der Waals surface area contributed by atoms with Crippen molar-refractivity contribution in [3.05, 3.63) is 53.1 Å². The molecular formula is C21H20ClN5O2S2. The number of anilines is 3. The number of hydrogen-bond donors (Lipinski definition) is 1. The van der Waals surface area contributed by atoms with Crippen molar-refractivity contribution in [2.24, 2.45) is 0 Å². The van der Waals surface area contributed by atoms with E-state index in [1.54, 1.807) is 24.1 Å². The van der Waals surface area contributed by atoms with E-state index in [2.05, 4.69) is 21.6 Å². The monoisotopic (exact) mass is 473 g/mol. The number of thioether (sulfide) groups is 1. The van der Waals surface area contributed by atoms with Gasteiger partial charge in [0, 0.05) is 29.0 Å². The average Bonchev–Trinajstić information content (AvgIpc) is 3.22. The molecule has 0 spiro atoms. The lowest BCUT2D eigenvalue weighted by atomic mass is 10.2. The van der Waals surface area contributed by atoms with Crippen LogP contribution in [0.3, 0.4) is 0 Å². The van der Waals surface area contributed by atoms with E-state index in [4.69, 9.17) is 21.6 Å². The third-order valence-electron chi connectivity index (χ3n) is 4.25. The van der Waals surface area contributed by atoms with Crippen LogP contribution in [0.2, 0.25) is 5.02 Å². The molecule has 0 fully saturated rings. The number of aromatic nitrogens is 2. The fraction of sp³-hybridized carbons (Fsp3) is 0.238. The van der Waals surface area contributed by atoms with Gasteiger partial charge in [-0.15, -0.1) is 10.2 Å². The molecule has 31 heavy (non-hydrogen) atoms. The third kappa shape index (κ3) is 6.34. The molecule has 1 heterocycles. The van der Waals surface area contributed by atoms with Crippen LogP contribution < -0.4 is 15.0 Å². The highest BCUT2D eigenvalue weighted by molar-refractivity contribution is 8.01. The second-order valence-electron chi connectivity index (χ2n) is 6.41. The number of nitrogens with one attached hydrogen (secondary N) is 1. The Labute approximate surface area is 194 Å². The lowest BCUT2D eigenvalue weighted by Gasteiger charge is -2.22. The van der Waals surface area contributed by atoms with Gasteiger partial charge in [-0.1, -0.05) is 40.8 Å². The Morgan fingerprint density at radius 2 is 2.16 bits per heavy atom. The van der Waals surface area contributed by atoms with Crippen LogP contribution >= 0.6 is 34.7 Å². The van der Waals surface area contributed by atoms with E-state index in [0.717, 1.165) is 22.7 Å². The maximum absolute atomic E-state index is 12.9. The van der Waals surface area contributed by atoms with E-state index >= 15 is 0 Å². The van der Waals surface area contributed by atoms with Gasteiger partial charge in [0.1, 0.15) is 5.75 Å². The van der Waals surface area contributed by atoms with Gasteiger partial charge in [0.05, 0.1) is 25.4 Å². The number of carbonyl (C=O) groups excluding carboxylic acids is 1. The van der Waals surface area contributed by atoms with E-state index in [9.17, 15) is 4.79 Å². The second kappa shape index (κ2) is 11.0. The molecule has 3 aromatic rings. The molecule has 1 N–H and O–H groups in total. The minimum absolute atomic E-state index is 0.112. The van der Waals surface area contributed by atoms with Gasteiger partial charge in [-0.2, -0.15) is 5.26 Å². The number of hydrogen-bond acceptors (Lipinski definition) is 8. The summed E-state index contributed by atoms with van der Waals surface area (Å²) in [6, 6.07) is 15.0. The zero-order chi connectivity index (χ0) is 22.2. The summed E-state index contributed by atoms with van der Waals surface area (Å²) in [6.07, 6.45) is 0.242. The predicted octanol–water partition coefficient (Wildman–Crippen LogP) is 5.29. The molecule has 160 valence electrons. The Kier molecular flexibility index (Phi) is 8.12. The van der Waals surface area contributed by atoms with Crippen LogP contribution in [0.5, 0.6) is 5.75 Å². The van der Waals surface area contributed by atoms with Gasteiger partial charge in [-0.25, -0.2) is 0 Å². The third-order valence-corrected chi connectivity index (χ3v) is 6.63. The molecule has 1 amide bonds. The van der Waals surface area contributed by atoms with Gasteiger partial charge in [0.15, 0.2) is 4.34 Å². The molecule has 10 heteroatoms. The summed E-state index contributed by atoms with van der Waals surface area (Å²) in [5, 5.41) is 21.7. The summed E-state index contributed by atoms with van der Waals surface area (Å²) in [5.41, 5.74) is 2.43. The van der Waals surface area contributed by atoms with Crippen molar-refractivity contribution in [2.45, 2.75) is 17.7 Å². The first-order valence-corrected chi connectivity index (χ1v) is 11.5. The number of halogens is 1. The Morgan fingerprint density at radius 1 is 1.32 bits per heavy atom. The van der Waals surface area contributed by atoms with Crippen LogP contribution in [0.25, 0.3) is 0 Å². The zero-order valence-electron chi connectivity index (χ0n) is 17.0. The molecule has 0 aliphatic heterocycles. The average molecular weight is 474 g/mol. The van der Waals surface area contributed by atoms with Crippen LogP contribution in [-0.4, -0.2) is 35.5 Å². The maximum Gasteiger partial charge on any atom is 0.237 e. The first-order valence-electron chi connectivity index (χ1n) is 9.31. The number of ether oxygens (including phenoxy) is 1. The highest BCUT2D eigenvalue weighted by atomic mass is 35.5. The van der Waals surface area contributed by atoms with Crippen molar-refractivity contribution in [1.29, 1.82) is 5.26 Å². The van der Waals surface area contributed by atoms with Crippen LogP contribution in [0, 0.1) is 18.3 Å². The van der Waals surface area contributed by atoms with Gasteiger partial charge in [0.25, 0.3) is 0 Å². The van der Waals surface area contributed by atoms with Crippen LogP contribution in [-0.2, 0) is 4.79 Å². The minimum Gasteiger partial charge on any atom is -0.497 e. The van der Waals surface area contributed by atoms with Gasteiger partial charge in [0.2, 0.25) is 11.0 Å². The number of carbonyl (C=O) groups is 1. The maximum atomic E-state index is 12.9. The summed E-state index contributed by atoms with van der Waals surface area (Å²) < 4.78 is 5.89. The topological polar surface area (TPSA) is 91.1 Å². The molecular weight excluding hydrogens is 454 g/mol. The van der Waals surface area contributed by atoms with Crippen molar-refractivity contribution < 1.29 is 9.53 Å². The van der Waals surface area contributed by atoms with E-state index < -0.39 is 0 Å².